The number of hydrogen-bond donors (Lipinski definition) is 3. The summed E-state index contributed by atoms with van der Waals surface area (Å²) in [5.41, 5.74) is 0. The number of fused-ring (bicyclic) bond motifs is 1. The third kappa shape index (κ3) is 1.97. The molecule has 0 bridgehead atoms. The van der Waals surface area contributed by atoms with E-state index in [1.807, 2.05) is 0 Å². The molecule has 3 fully saturated rings. The normalized spacial score (nSPS) is 44.2. The van der Waals surface area contributed by atoms with Gasteiger partial charge in [0.2, 0.25) is 0 Å². The molecule has 18 heavy (non-hydrogen) atoms. The Labute approximate surface area is 105 Å². The van der Waals surface area contributed by atoms with E-state index in [1.54, 1.807) is 0 Å². The molecule has 1 spiro atoms. The average molecular weight is 260 g/mol. The molecule has 0 aromatic rings. The molecule has 0 aromatic carbocycles. The van der Waals surface area contributed by atoms with Crippen LogP contribution in [0.3, 0.4) is 0 Å². The van der Waals surface area contributed by atoms with Crippen LogP contribution < -0.4 is 0 Å². The summed E-state index contributed by atoms with van der Waals surface area (Å²) in [6, 6.07) is 0. The van der Waals surface area contributed by atoms with Gasteiger partial charge in [-0.1, -0.05) is 6.42 Å². The first kappa shape index (κ1) is 12.8. The van der Waals surface area contributed by atoms with Crippen LogP contribution in [-0.4, -0.2) is 58.4 Å². The Morgan fingerprint density at radius 1 is 1.17 bits per heavy atom. The van der Waals surface area contributed by atoms with Crippen molar-refractivity contribution >= 4 is 0 Å². The van der Waals surface area contributed by atoms with Gasteiger partial charge in [0.15, 0.2) is 12.1 Å². The monoisotopic (exact) mass is 260 g/mol. The lowest BCUT2D eigenvalue weighted by atomic mass is 9.94. The molecule has 2 saturated heterocycles. The zero-order valence-corrected chi connectivity index (χ0v) is 10.2. The van der Waals surface area contributed by atoms with Crippen molar-refractivity contribution in [2.45, 2.75) is 68.6 Å². The number of aliphatic hydroxyl groups excluding tert-OH is 3. The Hall–Kier alpha value is -0.240. The van der Waals surface area contributed by atoms with Crippen LogP contribution in [0.4, 0.5) is 0 Å². The van der Waals surface area contributed by atoms with Crippen molar-refractivity contribution < 1.29 is 29.5 Å². The summed E-state index contributed by atoms with van der Waals surface area (Å²) in [5, 5.41) is 28.5. The highest BCUT2D eigenvalue weighted by Gasteiger charge is 2.58. The van der Waals surface area contributed by atoms with Crippen molar-refractivity contribution in [2.24, 2.45) is 0 Å². The second-order valence-corrected chi connectivity index (χ2v) is 5.38. The second-order valence-electron chi connectivity index (χ2n) is 5.38. The summed E-state index contributed by atoms with van der Waals surface area (Å²) in [6.45, 7) is -0.452. The first-order valence-electron chi connectivity index (χ1n) is 6.63. The maximum Gasteiger partial charge on any atom is 0.190 e. The lowest BCUT2D eigenvalue weighted by molar-refractivity contribution is -0.254. The van der Waals surface area contributed by atoms with Gasteiger partial charge in [0.05, 0.1) is 6.61 Å². The molecular weight excluding hydrogens is 240 g/mol. The highest BCUT2D eigenvalue weighted by molar-refractivity contribution is 4.97. The third-order valence-electron chi connectivity index (χ3n) is 4.10. The lowest BCUT2D eigenvalue weighted by Gasteiger charge is -2.33. The molecule has 2 heterocycles. The number of ether oxygens (including phenoxy) is 3. The largest absolute Gasteiger partial charge is 0.394 e. The van der Waals surface area contributed by atoms with Crippen LogP contribution in [0.2, 0.25) is 0 Å². The van der Waals surface area contributed by atoms with E-state index >= 15 is 0 Å². The fourth-order valence-corrected chi connectivity index (χ4v) is 3.12. The van der Waals surface area contributed by atoms with Gasteiger partial charge in [-0.15, -0.1) is 0 Å². The van der Waals surface area contributed by atoms with Crippen LogP contribution in [-0.2, 0) is 14.2 Å². The zero-order chi connectivity index (χ0) is 12.8. The second kappa shape index (κ2) is 4.70. The Morgan fingerprint density at radius 3 is 2.50 bits per heavy atom. The van der Waals surface area contributed by atoms with E-state index in [-0.39, 0.29) is 0 Å². The van der Waals surface area contributed by atoms with E-state index in [4.69, 9.17) is 19.3 Å². The summed E-state index contributed by atoms with van der Waals surface area (Å²) in [4.78, 5) is 0. The molecule has 1 aliphatic carbocycles. The van der Waals surface area contributed by atoms with Crippen LogP contribution >= 0.6 is 0 Å². The van der Waals surface area contributed by atoms with E-state index < -0.39 is 43.1 Å². The minimum absolute atomic E-state index is 0.452. The lowest BCUT2D eigenvalue weighted by Crippen LogP contribution is -2.43. The predicted octanol–water partition coefficient (Wildman–Crippen LogP) is -0.499. The van der Waals surface area contributed by atoms with E-state index in [0.717, 1.165) is 25.7 Å². The van der Waals surface area contributed by atoms with Crippen molar-refractivity contribution in [3.05, 3.63) is 0 Å². The third-order valence-corrected chi connectivity index (χ3v) is 4.10. The van der Waals surface area contributed by atoms with E-state index in [1.165, 1.54) is 6.42 Å². The summed E-state index contributed by atoms with van der Waals surface area (Å²) < 4.78 is 17.1. The molecule has 1 saturated carbocycles. The van der Waals surface area contributed by atoms with Gasteiger partial charge < -0.3 is 29.5 Å². The maximum atomic E-state index is 10.1. The van der Waals surface area contributed by atoms with Crippen molar-refractivity contribution in [1.82, 2.24) is 0 Å². The standard InChI is InChI=1S/C12H20O6/c13-6-7(14)9-8(15)10-11(16-9)18-12(17-10)4-2-1-3-5-12/h7-11,13-15H,1-6H2/t7-,8?,9-,10?,11-/m1/s1. The van der Waals surface area contributed by atoms with E-state index in [2.05, 4.69) is 0 Å². The van der Waals surface area contributed by atoms with Crippen LogP contribution in [0.5, 0.6) is 0 Å². The van der Waals surface area contributed by atoms with Gasteiger partial charge in [0.1, 0.15) is 24.4 Å². The smallest absolute Gasteiger partial charge is 0.190 e. The maximum absolute atomic E-state index is 10.1. The number of hydrogen-bond acceptors (Lipinski definition) is 6. The van der Waals surface area contributed by atoms with Crippen LogP contribution in [0.15, 0.2) is 0 Å². The first-order valence-corrected chi connectivity index (χ1v) is 6.63. The topological polar surface area (TPSA) is 88.4 Å². The van der Waals surface area contributed by atoms with Gasteiger partial charge in [0.25, 0.3) is 0 Å². The molecule has 3 aliphatic rings. The highest BCUT2D eigenvalue weighted by atomic mass is 16.8. The Balaban J connectivity index is 1.68. The first-order chi connectivity index (χ1) is 8.65. The highest BCUT2D eigenvalue weighted by Crippen LogP contribution is 2.45. The van der Waals surface area contributed by atoms with Gasteiger partial charge in [-0.3, -0.25) is 0 Å². The van der Waals surface area contributed by atoms with Crippen LogP contribution in [0.1, 0.15) is 32.1 Å². The van der Waals surface area contributed by atoms with E-state index in [0.29, 0.717) is 0 Å². The molecule has 5 atom stereocenters. The van der Waals surface area contributed by atoms with Gasteiger partial charge >= 0.3 is 0 Å². The molecule has 3 rings (SSSR count). The Bertz CT molecular complexity index is 303. The predicted molar refractivity (Wildman–Crippen MR) is 59.5 cm³/mol. The molecule has 6 heteroatoms. The molecule has 2 aliphatic heterocycles. The van der Waals surface area contributed by atoms with E-state index in [9.17, 15) is 10.2 Å². The van der Waals surface area contributed by atoms with Gasteiger partial charge in [-0.05, 0) is 12.8 Å². The zero-order valence-electron chi connectivity index (χ0n) is 10.2. The van der Waals surface area contributed by atoms with Gasteiger partial charge in [-0.2, -0.15) is 0 Å². The SMILES string of the molecule is OC[C@@H](O)[C@H]1O[C@@H]2OC3(CCCCC3)OC2C1O. The van der Waals surface area contributed by atoms with Crippen molar-refractivity contribution in [2.75, 3.05) is 6.61 Å². The molecule has 104 valence electrons. The Morgan fingerprint density at radius 2 is 1.89 bits per heavy atom. The molecule has 0 radical (unpaired) electrons. The van der Waals surface area contributed by atoms with Crippen molar-refractivity contribution in [3.8, 4) is 0 Å². The molecule has 0 aromatic heterocycles. The Kier molecular flexibility index (Phi) is 3.34. The minimum Gasteiger partial charge on any atom is -0.394 e. The fourth-order valence-electron chi connectivity index (χ4n) is 3.12. The summed E-state index contributed by atoms with van der Waals surface area (Å²) in [6.07, 6.45) is 0.824. The van der Waals surface area contributed by atoms with Crippen LogP contribution in [0, 0.1) is 0 Å². The van der Waals surface area contributed by atoms with Crippen molar-refractivity contribution in [1.29, 1.82) is 0 Å². The summed E-state index contributed by atoms with van der Waals surface area (Å²) >= 11 is 0. The van der Waals surface area contributed by atoms with Crippen LogP contribution in [0.25, 0.3) is 0 Å². The number of rotatable bonds is 2. The minimum atomic E-state index is -1.11. The van der Waals surface area contributed by atoms with Gasteiger partial charge in [0, 0.05) is 12.8 Å². The molecule has 3 N–H and O–H groups in total. The molecule has 0 amide bonds. The van der Waals surface area contributed by atoms with Crippen molar-refractivity contribution in [3.63, 3.8) is 0 Å². The summed E-state index contributed by atoms with van der Waals surface area (Å²) in [7, 11) is 0. The molecule has 6 nitrogen and oxygen atoms in total. The quantitative estimate of drug-likeness (QED) is 0.620. The summed E-state index contributed by atoms with van der Waals surface area (Å²) in [5.74, 6) is -0.607. The molecular formula is C12H20O6. The average Bonchev–Trinajstić information content (AvgIpc) is 2.86. The molecule has 2 unspecified atom stereocenters. The number of aliphatic hydroxyl groups is 3. The fraction of sp³-hybridized carbons (Fsp3) is 1.00. The van der Waals surface area contributed by atoms with Gasteiger partial charge in [-0.25, -0.2) is 0 Å².